The summed E-state index contributed by atoms with van der Waals surface area (Å²) in [5, 5.41) is 2.13. The third kappa shape index (κ3) is 4.04. The molecule has 1 aliphatic carbocycles. The van der Waals surface area contributed by atoms with Crippen LogP contribution >= 0.6 is 11.3 Å². The van der Waals surface area contributed by atoms with Crippen LogP contribution in [0.25, 0.3) is 0 Å². The molecule has 0 bridgehead atoms. The van der Waals surface area contributed by atoms with Crippen molar-refractivity contribution in [1.29, 1.82) is 0 Å². The van der Waals surface area contributed by atoms with Crippen molar-refractivity contribution in [2.75, 3.05) is 13.1 Å². The topological polar surface area (TPSA) is 40.6 Å². The average Bonchev–Trinajstić information content (AvgIpc) is 3.18. The van der Waals surface area contributed by atoms with Crippen LogP contribution in [0.4, 0.5) is 0 Å². The predicted octanol–water partition coefficient (Wildman–Crippen LogP) is 4.96. The fraction of sp³-hybridized carbons (Fsp3) is 0.520. The lowest BCUT2D eigenvalue weighted by Crippen LogP contribution is -2.51. The monoisotopic (exact) mass is 424 g/mol. The molecule has 2 amide bonds. The summed E-state index contributed by atoms with van der Waals surface area (Å²) in [6.45, 7) is 7.13. The average molecular weight is 425 g/mol. The number of aryl methyl sites for hydroxylation is 1. The Morgan fingerprint density at radius 2 is 1.93 bits per heavy atom. The Balaban J connectivity index is 1.60. The molecule has 0 N–H and O–H groups in total. The van der Waals surface area contributed by atoms with E-state index >= 15 is 0 Å². The van der Waals surface area contributed by atoms with Crippen LogP contribution in [0.3, 0.4) is 0 Å². The Kier molecular flexibility index (Phi) is 6.28. The number of nitrogens with zero attached hydrogens (tertiary/aromatic N) is 2. The van der Waals surface area contributed by atoms with E-state index in [0.29, 0.717) is 6.54 Å². The summed E-state index contributed by atoms with van der Waals surface area (Å²) in [6.07, 6.45) is 4.81. The van der Waals surface area contributed by atoms with Crippen molar-refractivity contribution in [3.63, 3.8) is 0 Å². The minimum absolute atomic E-state index is 0.0606. The molecular formula is C25H32N2O2S. The van der Waals surface area contributed by atoms with Crippen molar-refractivity contribution in [3.05, 3.63) is 57.3 Å². The fourth-order valence-electron chi connectivity index (χ4n) is 4.49. The first kappa shape index (κ1) is 21.1. The predicted molar refractivity (Wildman–Crippen MR) is 122 cm³/mol. The van der Waals surface area contributed by atoms with Gasteiger partial charge in [0.2, 0.25) is 11.8 Å². The van der Waals surface area contributed by atoms with E-state index in [2.05, 4.69) is 56.5 Å². The van der Waals surface area contributed by atoms with Crippen LogP contribution in [0.2, 0.25) is 0 Å². The molecule has 1 saturated carbocycles. The number of rotatable bonds is 6. The number of benzene rings is 1. The lowest BCUT2D eigenvalue weighted by molar-refractivity contribution is -0.147. The van der Waals surface area contributed by atoms with Crippen LogP contribution in [0.5, 0.6) is 0 Å². The summed E-state index contributed by atoms with van der Waals surface area (Å²) in [5.74, 6) is 0.346. The zero-order valence-corrected chi connectivity index (χ0v) is 19.1. The van der Waals surface area contributed by atoms with Crippen LogP contribution in [0, 0.1) is 12.8 Å². The molecule has 2 atom stereocenters. The van der Waals surface area contributed by atoms with E-state index in [1.165, 1.54) is 16.0 Å². The molecule has 2 aliphatic rings. The quantitative estimate of drug-likeness (QED) is 0.658. The second-order valence-corrected chi connectivity index (χ2v) is 9.80. The normalized spacial score (nSPS) is 19.7. The second-order valence-electron chi connectivity index (χ2n) is 8.80. The number of carbonyl (C=O) groups excluding carboxylic acids is 2. The maximum Gasteiger partial charge on any atom is 0.243 e. The molecular weight excluding hydrogens is 392 g/mol. The molecule has 2 heterocycles. The van der Waals surface area contributed by atoms with E-state index in [-0.39, 0.29) is 36.4 Å². The highest BCUT2D eigenvalue weighted by atomic mass is 32.1. The van der Waals surface area contributed by atoms with Gasteiger partial charge in [0.15, 0.2) is 0 Å². The van der Waals surface area contributed by atoms with Crippen LogP contribution in [0.1, 0.15) is 67.1 Å². The maximum atomic E-state index is 13.6. The van der Waals surface area contributed by atoms with Gasteiger partial charge in [-0.3, -0.25) is 9.59 Å². The Bertz CT molecular complexity index is 900. The van der Waals surface area contributed by atoms with Crippen LogP contribution in [-0.2, 0) is 16.0 Å². The number of amides is 2. The van der Waals surface area contributed by atoms with E-state index in [9.17, 15) is 9.59 Å². The largest absolute Gasteiger partial charge is 0.330 e. The van der Waals surface area contributed by atoms with Crippen molar-refractivity contribution in [1.82, 2.24) is 9.80 Å². The van der Waals surface area contributed by atoms with Gasteiger partial charge in [0.05, 0.1) is 6.04 Å². The van der Waals surface area contributed by atoms with Gasteiger partial charge >= 0.3 is 0 Å². The maximum absolute atomic E-state index is 13.6. The number of carbonyl (C=O) groups is 2. The lowest BCUT2D eigenvalue weighted by Gasteiger charge is -2.40. The highest BCUT2D eigenvalue weighted by Crippen LogP contribution is 2.38. The first-order valence-electron chi connectivity index (χ1n) is 11.2. The minimum atomic E-state index is -0.0642. The molecule has 1 aliphatic heterocycles. The van der Waals surface area contributed by atoms with Gasteiger partial charge in [-0.25, -0.2) is 0 Å². The summed E-state index contributed by atoms with van der Waals surface area (Å²) in [5.41, 5.74) is 3.60. The second kappa shape index (κ2) is 8.93. The lowest BCUT2D eigenvalue weighted by atomic mass is 9.84. The van der Waals surface area contributed by atoms with Gasteiger partial charge < -0.3 is 9.80 Å². The molecule has 1 fully saturated rings. The fourth-order valence-corrected chi connectivity index (χ4v) is 5.39. The molecule has 30 heavy (non-hydrogen) atoms. The van der Waals surface area contributed by atoms with Gasteiger partial charge in [-0.05, 0) is 62.1 Å². The number of fused-ring (bicyclic) bond motifs is 1. The Labute approximate surface area is 183 Å². The van der Waals surface area contributed by atoms with E-state index < -0.39 is 0 Å². The Hall–Kier alpha value is -2.14. The highest BCUT2D eigenvalue weighted by molar-refractivity contribution is 7.10. The van der Waals surface area contributed by atoms with Gasteiger partial charge in [0.1, 0.15) is 6.54 Å². The van der Waals surface area contributed by atoms with Gasteiger partial charge in [-0.2, -0.15) is 0 Å². The van der Waals surface area contributed by atoms with Crippen molar-refractivity contribution in [2.24, 2.45) is 5.92 Å². The van der Waals surface area contributed by atoms with Crippen LogP contribution in [-0.4, -0.2) is 40.7 Å². The first-order chi connectivity index (χ1) is 14.5. The van der Waals surface area contributed by atoms with Crippen molar-refractivity contribution in [2.45, 2.75) is 65.0 Å². The van der Waals surface area contributed by atoms with Gasteiger partial charge in [0, 0.05) is 23.4 Å². The van der Waals surface area contributed by atoms with Crippen LogP contribution < -0.4 is 0 Å². The van der Waals surface area contributed by atoms with Gasteiger partial charge in [-0.1, -0.05) is 43.2 Å². The standard InChI is InChI=1S/C25H32N2O2S/c1-4-18(3)27(25(29)20-6-5-7-20)16-23(28)26-14-12-22-21(13-15-30-22)24(26)19-10-8-17(2)9-11-19/h8-11,13,15,18,20,24H,4-7,12,14,16H2,1-3H3/t18-,24-/m1/s1. The summed E-state index contributed by atoms with van der Waals surface area (Å²) >= 11 is 1.78. The summed E-state index contributed by atoms with van der Waals surface area (Å²) in [7, 11) is 0. The smallest absolute Gasteiger partial charge is 0.243 e. The van der Waals surface area contributed by atoms with E-state index in [1.54, 1.807) is 11.3 Å². The Morgan fingerprint density at radius 3 is 2.57 bits per heavy atom. The van der Waals surface area contributed by atoms with E-state index in [1.807, 2.05) is 9.80 Å². The van der Waals surface area contributed by atoms with Crippen molar-refractivity contribution < 1.29 is 9.59 Å². The summed E-state index contributed by atoms with van der Waals surface area (Å²) in [4.78, 5) is 31.8. The molecule has 4 rings (SSSR count). The number of thiophene rings is 1. The highest BCUT2D eigenvalue weighted by Gasteiger charge is 2.36. The SMILES string of the molecule is CC[C@@H](C)N(CC(=O)N1CCc2sccc2[C@H]1c1ccc(C)cc1)C(=O)C1CCC1. The third-order valence-electron chi connectivity index (χ3n) is 6.85. The Morgan fingerprint density at radius 1 is 1.20 bits per heavy atom. The van der Waals surface area contributed by atoms with Crippen molar-refractivity contribution in [3.8, 4) is 0 Å². The molecule has 0 spiro atoms. The molecule has 0 unspecified atom stereocenters. The van der Waals surface area contributed by atoms with Gasteiger partial charge in [-0.15, -0.1) is 11.3 Å². The first-order valence-corrected chi connectivity index (χ1v) is 12.1. The number of hydrogen-bond donors (Lipinski definition) is 0. The molecule has 4 nitrogen and oxygen atoms in total. The number of hydrogen-bond acceptors (Lipinski definition) is 3. The molecule has 0 saturated heterocycles. The van der Waals surface area contributed by atoms with Crippen molar-refractivity contribution >= 4 is 23.2 Å². The summed E-state index contributed by atoms with van der Waals surface area (Å²) < 4.78 is 0. The zero-order chi connectivity index (χ0) is 21.3. The third-order valence-corrected chi connectivity index (χ3v) is 7.84. The molecule has 0 radical (unpaired) electrons. The van der Waals surface area contributed by atoms with E-state index in [0.717, 1.165) is 37.7 Å². The molecule has 160 valence electrons. The molecule has 2 aromatic rings. The zero-order valence-electron chi connectivity index (χ0n) is 18.3. The van der Waals surface area contributed by atoms with E-state index in [4.69, 9.17) is 0 Å². The molecule has 1 aromatic heterocycles. The molecule has 5 heteroatoms. The minimum Gasteiger partial charge on any atom is -0.330 e. The summed E-state index contributed by atoms with van der Waals surface area (Å²) in [6, 6.07) is 10.7. The molecule has 1 aromatic carbocycles. The van der Waals surface area contributed by atoms with Crippen LogP contribution in [0.15, 0.2) is 35.7 Å². The van der Waals surface area contributed by atoms with Gasteiger partial charge in [0.25, 0.3) is 0 Å².